The Morgan fingerprint density at radius 2 is 1.58 bits per heavy atom. The quantitative estimate of drug-likeness (QED) is 0.221. The molecule has 0 aliphatic rings. The summed E-state index contributed by atoms with van der Waals surface area (Å²) in [5.41, 5.74) is 11.0. The van der Waals surface area contributed by atoms with Crippen LogP contribution >= 0.6 is 22.9 Å². The Balaban J connectivity index is 1.74. The predicted octanol–water partition coefficient (Wildman–Crippen LogP) is 7.37. The molecule has 4 aromatic rings. The zero-order chi connectivity index (χ0) is 22.0. The molecule has 4 rings (SSSR count). The maximum absolute atomic E-state index is 4.84. The van der Waals surface area contributed by atoms with Crippen molar-refractivity contribution in [2.45, 2.75) is 33.6 Å². The highest BCUT2D eigenvalue weighted by Gasteiger charge is 2.15. The summed E-state index contributed by atoms with van der Waals surface area (Å²) in [6.45, 7) is 8.64. The van der Waals surface area contributed by atoms with Gasteiger partial charge in [0.05, 0.1) is 34.3 Å². The maximum Gasteiger partial charge on any atom is 0.0752 e. The molecule has 3 heterocycles. The molecule has 1 N–H and O–H groups in total. The number of aromatic nitrogens is 3. The van der Waals surface area contributed by atoms with Crippen molar-refractivity contribution < 1.29 is 0 Å². The highest BCUT2D eigenvalue weighted by Crippen LogP contribution is 2.33. The van der Waals surface area contributed by atoms with Crippen LogP contribution in [0.3, 0.4) is 0 Å². The predicted molar refractivity (Wildman–Crippen MR) is 137 cm³/mol. The number of benzene rings is 1. The van der Waals surface area contributed by atoms with E-state index in [0.717, 1.165) is 39.3 Å². The zero-order valence-electron chi connectivity index (χ0n) is 18.1. The molecule has 31 heavy (non-hydrogen) atoms. The van der Waals surface area contributed by atoms with Gasteiger partial charge in [-0.25, -0.2) is 0 Å². The summed E-state index contributed by atoms with van der Waals surface area (Å²) >= 11 is 2.15. The smallest absolute Gasteiger partial charge is 0.0752 e. The van der Waals surface area contributed by atoms with Crippen molar-refractivity contribution >= 4 is 28.6 Å². The van der Waals surface area contributed by atoms with Gasteiger partial charge >= 0.3 is 0 Å². The summed E-state index contributed by atoms with van der Waals surface area (Å²) in [5, 5.41) is 0. The molecule has 0 spiro atoms. The maximum atomic E-state index is 4.84. The first-order valence-electron chi connectivity index (χ1n) is 10.3. The lowest BCUT2D eigenvalue weighted by molar-refractivity contribution is 0.861. The second kappa shape index (κ2) is 9.14. The van der Waals surface area contributed by atoms with Crippen LogP contribution in [-0.4, -0.2) is 15.0 Å². The van der Waals surface area contributed by atoms with Crippen LogP contribution in [0.25, 0.3) is 33.6 Å². The van der Waals surface area contributed by atoms with Gasteiger partial charge in [0.1, 0.15) is 0 Å². The summed E-state index contributed by atoms with van der Waals surface area (Å²) < 4.78 is 3.16. The van der Waals surface area contributed by atoms with E-state index in [2.05, 4.69) is 95.5 Å². The van der Waals surface area contributed by atoms with Gasteiger partial charge in [-0.15, -0.1) is 0 Å². The lowest BCUT2D eigenvalue weighted by atomic mass is 9.94. The lowest BCUT2D eigenvalue weighted by Crippen LogP contribution is -1.99. The first kappa shape index (κ1) is 21.4. The fourth-order valence-electron chi connectivity index (χ4n) is 3.87. The molecule has 5 heteroatoms. The van der Waals surface area contributed by atoms with Crippen LogP contribution in [0.4, 0.5) is 5.69 Å². The van der Waals surface area contributed by atoms with Crippen LogP contribution in [0.2, 0.25) is 0 Å². The molecule has 0 aliphatic heterocycles. The highest BCUT2D eigenvalue weighted by atomic mass is 127. The minimum Gasteiger partial charge on any atom is -0.328 e. The molecule has 0 amide bonds. The van der Waals surface area contributed by atoms with Crippen LogP contribution in [0.15, 0.2) is 67.3 Å². The van der Waals surface area contributed by atoms with E-state index in [-0.39, 0.29) is 0 Å². The summed E-state index contributed by atoms with van der Waals surface area (Å²) in [4.78, 5) is 13.9. The molecular formula is C26H25IN4. The number of halogens is 1. The average Bonchev–Trinajstić information content (AvgIpc) is 2.79. The summed E-state index contributed by atoms with van der Waals surface area (Å²) in [7, 11) is 0. The van der Waals surface area contributed by atoms with Crippen LogP contribution in [-0.2, 0) is 0 Å². The Bertz CT molecular complexity index is 1220. The van der Waals surface area contributed by atoms with E-state index in [1.165, 1.54) is 16.7 Å². The third kappa shape index (κ3) is 4.46. The number of nitrogens with one attached hydrogen (secondary N) is 1. The fraction of sp³-hybridized carbons (Fsp3) is 0.192. The molecule has 0 radical (unpaired) electrons. The average molecular weight is 520 g/mol. The summed E-state index contributed by atoms with van der Waals surface area (Å²) in [6.07, 6.45) is 7.55. The van der Waals surface area contributed by atoms with Crippen LogP contribution < -0.4 is 3.53 Å². The Morgan fingerprint density at radius 3 is 2.23 bits per heavy atom. The largest absolute Gasteiger partial charge is 0.328 e. The van der Waals surface area contributed by atoms with Crippen LogP contribution in [0, 0.1) is 13.8 Å². The molecule has 3 aromatic heterocycles. The number of pyridine rings is 3. The second-order valence-corrected chi connectivity index (χ2v) is 8.61. The molecule has 0 aliphatic carbocycles. The third-order valence-corrected chi connectivity index (χ3v) is 6.10. The van der Waals surface area contributed by atoms with Crippen molar-refractivity contribution in [2.24, 2.45) is 0 Å². The topological polar surface area (TPSA) is 50.7 Å². The molecule has 0 atom stereocenters. The zero-order valence-corrected chi connectivity index (χ0v) is 20.3. The van der Waals surface area contributed by atoms with Crippen molar-refractivity contribution in [3.8, 4) is 33.6 Å². The summed E-state index contributed by atoms with van der Waals surface area (Å²) in [5.74, 6) is 0.343. The molecule has 1 aromatic carbocycles. The Morgan fingerprint density at radius 1 is 0.806 bits per heavy atom. The van der Waals surface area contributed by atoms with Crippen molar-refractivity contribution in [3.63, 3.8) is 0 Å². The van der Waals surface area contributed by atoms with Gasteiger partial charge in [-0.1, -0.05) is 19.9 Å². The standard InChI is InChI=1S/C26H25IN4/c1-16(2)24-12-21(15-30-26(24)19-6-5-9-28-13-19)25-18(4)10-20(14-29-25)23-8-7-22(31-27)11-17(23)3/h5-16,31H,1-4H3. The van der Waals surface area contributed by atoms with E-state index in [1.54, 1.807) is 6.20 Å². The molecule has 0 fully saturated rings. The normalized spacial score (nSPS) is 11.0. The van der Waals surface area contributed by atoms with Gasteiger partial charge in [0.2, 0.25) is 0 Å². The van der Waals surface area contributed by atoms with Gasteiger partial charge in [-0.2, -0.15) is 0 Å². The van der Waals surface area contributed by atoms with Gasteiger partial charge in [-0.05, 0) is 78.4 Å². The molecule has 0 saturated heterocycles. The number of anilines is 1. The molecular weight excluding hydrogens is 495 g/mol. The Hall–Kier alpha value is -2.80. The van der Waals surface area contributed by atoms with Gasteiger partial charge in [-0.3, -0.25) is 15.0 Å². The third-order valence-electron chi connectivity index (χ3n) is 5.47. The first-order valence-corrected chi connectivity index (χ1v) is 11.4. The molecule has 156 valence electrons. The van der Waals surface area contributed by atoms with Crippen LogP contribution in [0.5, 0.6) is 0 Å². The minimum absolute atomic E-state index is 0.343. The van der Waals surface area contributed by atoms with E-state index < -0.39 is 0 Å². The lowest BCUT2D eigenvalue weighted by Gasteiger charge is -2.15. The number of aryl methyl sites for hydroxylation is 2. The summed E-state index contributed by atoms with van der Waals surface area (Å²) in [6, 6.07) is 14.8. The SMILES string of the molecule is Cc1cc(NI)ccc1-c1cnc(-c2cnc(-c3cccnc3)c(C(C)C)c2)c(C)c1. The van der Waals surface area contributed by atoms with E-state index in [0.29, 0.717) is 5.92 Å². The Labute approximate surface area is 197 Å². The molecule has 0 unspecified atom stereocenters. The molecule has 4 nitrogen and oxygen atoms in total. The van der Waals surface area contributed by atoms with E-state index >= 15 is 0 Å². The van der Waals surface area contributed by atoms with Crippen molar-refractivity contribution in [1.82, 2.24) is 15.0 Å². The van der Waals surface area contributed by atoms with Gasteiger partial charge in [0, 0.05) is 47.2 Å². The highest BCUT2D eigenvalue weighted by molar-refractivity contribution is 14.1. The van der Waals surface area contributed by atoms with E-state index in [1.807, 2.05) is 24.7 Å². The van der Waals surface area contributed by atoms with Gasteiger partial charge < -0.3 is 3.53 Å². The number of hydrogen-bond acceptors (Lipinski definition) is 4. The van der Waals surface area contributed by atoms with E-state index in [4.69, 9.17) is 9.97 Å². The number of hydrogen-bond donors (Lipinski definition) is 1. The number of nitrogens with zero attached hydrogens (tertiary/aromatic N) is 3. The van der Waals surface area contributed by atoms with Gasteiger partial charge in [0.25, 0.3) is 0 Å². The first-order chi connectivity index (χ1) is 15.0. The van der Waals surface area contributed by atoms with Crippen molar-refractivity contribution in [2.75, 3.05) is 3.53 Å². The second-order valence-electron chi connectivity index (χ2n) is 8.07. The van der Waals surface area contributed by atoms with Crippen molar-refractivity contribution in [3.05, 3.63) is 83.9 Å². The van der Waals surface area contributed by atoms with Crippen LogP contribution in [0.1, 0.15) is 36.5 Å². The Kier molecular flexibility index (Phi) is 6.32. The number of rotatable bonds is 5. The van der Waals surface area contributed by atoms with E-state index in [9.17, 15) is 0 Å². The van der Waals surface area contributed by atoms with Crippen molar-refractivity contribution in [1.29, 1.82) is 0 Å². The monoisotopic (exact) mass is 520 g/mol. The fourth-order valence-corrected chi connectivity index (χ4v) is 4.20. The van der Waals surface area contributed by atoms with Gasteiger partial charge in [0.15, 0.2) is 0 Å². The molecule has 0 bridgehead atoms. The minimum atomic E-state index is 0.343. The molecule has 0 saturated carbocycles.